The number of carbonyl (C=O) groups excluding carboxylic acids is 1. The summed E-state index contributed by atoms with van der Waals surface area (Å²) in [6, 6.07) is 11.6. The van der Waals surface area contributed by atoms with Crippen molar-refractivity contribution in [2.45, 2.75) is 11.5 Å². The molecule has 1 aromatic heterocycles. The molecule has 0 radical (unpaired) electrons. The molecule has 1 heterocycles. The Morgan fingerprint density at radius 1 is 1.35 bits per heavy atom. The number of anilines is 1. The van der Waals surface area contributed by atoms with Crippen molar-refractivity contribution in [2.75, 3.05) is 18.3 Å². The Morgan fingerprint density at radius 2 is 2.09 bits per heavy atom. The second kappa shape index (κ2) is 10.4. The molecule has 124 valence electrons. The minimum Gasteiger partial charge on any atom is -0.473 e. The molecule has 23 heavy (non-hydrogen) atoms. The molecule has 0 aliphatic rings. The number of hydrazine groups is 2. The van der Waals surface area contributed by atoms with E-state index in [4.69, 9.17) is 15.4 Å². The number of rotatable bonds is 6. The zero-order valence-electron chi connectivity index (χ0n) is 13.1. The average Bonchev–Trinajstić information content (AvgIpc) is 2.60. The van der Waals surface area contributed by atoms with Gasteiger partial charge in [-0.2, -0.15) is 0 Å². The number of pyridine rings is 1. The molecule has 0 bridgehead atoms. The van der Waals surface area contributed by atoms with Gasteiger partial charge in [0.05, 0.1) is 5.69 Å². The van der Waals surface area contributed by atoms with Gasteiger partial charge in [0.2, 0.25) is 12.3 Å². The van der Waals surface area contributed by atoms with Gasteiger partial charge in [-0.15, -0.1) is 11.8 Å². The maximum atomic E-state index is 8.94. The first-order valence-electron chi connectivity index (χ1n) is 6.72. The van der Waals surface area contributed by atoms with Crippen molar-refractivity contribution in [1.82, 2.24) is 10.4 Å². The molecule has 2 aromatic rings. The van der Waals surface area contributed by atoms with E-state index in [-0.39, 0.29) is 0 Å². The van der Waals surface area contributed by atoms with E-state index in [9.17, 15) is 0 Å². The molecular weight excluding hydrogens is 314 g/mol. The standard InChI is InChI=1S/C14H17N3OS.CH4N2O/c1-17(15)12-6-5-7-13(19-2)11(12)10-18-14-8-3-4-9-16-14;2-3-1-4/h3-9H,10,15H2,1-2H3;1H,2H2,(H,3,4). The van der Waals surface area contributed by atoms with Crippen molar-refractivity contribution in [1.29, 1.82) is 0 Å². The molecular formula is C15H21N5O2S. The van der Waals surface area contributed by atoms with Crippen LogP contribution in [0.2, 0.25) is 0 Å². The van der Waals surface area contributed by atoms with Crippen LogP contribution in [-0.4, -0.2) is 24.7 Å². The zero-order chi connectivity index (χ0) is 17.1. The molecule has 0 atom stereocenters. The Labute approximate surface area is 140 Å². The molecule has 0 unspecified atom stereocenters. The van der Waals surface area contributed by atoms with Gasteiger partial charge in [0.15, 0.2) is 0 Å². The van der Waals surface area contributed by atoms with Crippen molar-refractivity contribution in [3.05, 3.63) is 48.2 Å². The third-order valence-electron chi connectivity index (χ3n) is 2.78. The first-order chi connectivity index (χ1) is 11.1. The number of ether oxygens (including phenoxy) is 1. The largest absolute Gasteiger partial charge is 0.473 e. The van der Waals surface area contributed by atoms with Gasteiger partial charge in [-0.3, -0.25) is 10.2 Å². The van der Waals surface area contributed by atoms with Crippen LogP contribution in [0.4, 0.5) is 5.69 Å². The van der Waals surface area contributed by atoms with Gasteiger partial charge in [0, 0.05) is 29.8 Å². The van der Waals surface area contributed by atoms with Crippen LogP contribution in [0.1, 0.15) is 5.56 Å². The molecule has 0 saturated carbocycles. The predicted octanol–water partition coefficient (Wildman–Crippen LogP) is 1.30. The van der Waals surface area contributed by atoms with Crippen LogP contribution in [0.3, 0.4) is 0 Å². The van der Waals surface area contributed by atoms with Crippen LogP contribution in [0.5, 0.6) is 5.88 Å². The van der Waals surface area contributed by atoms with Crippen molar-refractivity contribution in [2.24, 2.45) is 11.7 Å². The van der Waals surface area contributed by atoms with Gasteiger partial charge >= 0.3 is 0 Å². The minimum absolute atomic E-state index is 0.403. The van der Waals surface area contributed by atoms with E-state index in [2.05, 4.69) is 16.9 Å². The summed E-state index contributed by atoms with van der Waals surface area (Å²) in [5.41, 5.74) is 3.79. The van der Waals surface area contributed by atoms with Crippen molar-refractivity contribution >= 4 is 23.9 Å². The van der Waals surface area contributed by atoms with Gasteiger partial charge in [-0.25, -0.2) is 16.7 Å². The van der Waals surface area contributed by atoms with E-state index < -0.39 is 0 Å². The Hall–Kier alpha value is -2.29. The highest BCUT2D eigenvalue weighted by Crippen LogP contribution is 2.29. The summed E-state index contributed by atoms with van der Waals surface area (Å²) in [5, 5.41) is 1.61. The fourth-order valence-electron chi connectivity index (χ4n) is 1.80. The summed E-state index contributed by atoms with van der Waals surface area (Å²) in [6.07, 6.45) is 4.16. The Bertz CT molecular complexity index is 596. The number of hydrogen-bond acceptors (Lipinski definition) is 7. The minimum atomic E-state index is 0.403. The van der Waals surface area contributed by atoms with Crippen LogP contribution in [0.25, 0.3) is 0 Å². The number of carbonyl (C=O) groups is 1. The lowest BCUT2D eigenvalue weighted by Crippen LogP contribution is -2.26. The molecule has 8 heteroatoms. The lowest BCUT2D eigenvalue weighted by atomic mass is 10.2. The SMILES string of the molecule is CSc1cccc(N(C)N)c1COc1ccccn1.NNC=O. The number of aromatic nitrogens is 1. The summed E-state index contributed by atoms with van der Waals surface area (Å²) in [7, 11) is 1.82. The first-order valence-corrected chi connectivity index (χ1v) is 7.94. The van der Waals surface area contributed by atoms with Gasteiger partial charge in [-0.05, 0) is 24.5 Å². The molecule has 0 saturated heterocycles. The zero-order valence-corrected chi connectivity index (χ0v) is 13.9. The third-order valence-corrected chi connectivity index (χ3v) is 3.60. The monoisotopic (exact) mass is 335 g/mol. The van der Waals surface area contributed by atoms with Gasteiger partial charge in [0.25, 0.3) is 0 Å². The van der Waals surface area contributed by atoms with E-state index in [1.807, 2.05) is 43.6 Å². The van der Waals surface area contributed by atoms with Gasteiger partial charge < -0.3 is 9.75 Å². The number of amides is 1. The Balaban J connectivity index is 0.000000593. The number of nitrogens with two attached hydrogens (primary N) is 2. The van der Waals surface area contributed by atoms with Crippen molar-refractivity contribution < 1.29 is 9.53 Å². The first kappa shape index (κ1) is 18.8. The lowest BCUT2D eigenvalue weighted by molar-refractivity contribution is -0.109. The molecule has 1 aromatic carbocycles. The number of thioether (sulfide) groups is 1. The highest BCUT2D eigenvalue weighted by Gasteiger charge is 2.10. The highest BCUT2D eigenvalue weighted by atomic mass is 32.2. The summed E-state index contributed by atoms with van der Waals surface area (Å²) < 4.78 is 5.72. The average molecular weight is 335 g/mol. The van der Waals surface area contributed by atoms with E-state index in [1.165, 1.54) is 0 Å². The number of nitrogens with one attached hydrogen (secondary N) is 1. The summed E-state index contributed by atoms with van der Waals surface area (Å²) >= 11 is 1.68. The maximum Gasteiger partial charge on any atom is 0.221 e. The third kappa shape index (κ3) is 6.15. The van der Waals surface area contributed by atoms with Crippen LogP contribution in [0.15, 0.2) is 47.5 Å². The van der Waals surface area contributed by atoms with Crippen LogP contribution in [0, 0.1) is 0 Å². The normalized spacial score (nSPS) is 9.39. The second-order valence-corrected chi connectivity index (χ2v) is 5.16. The molecule has 2 rings (SSSR count). The maximum absolute atomic E-state index is 8.94. The van der Waals surface area contributed by atoms with E-state index >= 15 is 0 Å². The number of nitrogens with zero attached hydrogens (tertiary/aromatic N) is 2. The van der Waals surface area contributed by atoms with Crippen LogP contribution >= 0.6 is 11.8 Å². The van der Waals surface area contributed by atoms with Gasteiger partial charge in [0.1, 0.15) is 6.61 Å². The fraction of sp³-hybridized carbons (Fsp3) is 0.200. The number of benzene rings is 1. The molecule has 1 amide bonds. The highest BCUT2D eigenvalue weighted by molar-refractivity contribution is 7.98. The summed E-state index contributed by atoms with van der Waals surface area (Å²) in [6.45, 7) is 0.449. The fourth-order valence-corrected chi connectivity index (χ4v) is 2.42. The van der Waals surface area contributed by atoms with E-state index in [1.54, 1.807) is 28.4 Å². The Morgan fingerprint density at radius 3 is 2.61 bits per heavy atom. The lowest BCUT2D eigenvalue weighted by Gasteiger charge is -2.19. The molecule has 0 spiro atoms. The molecule has 5 N–H and O–H groups in total. The van der Waals surface area contributed by atoms with Crippen molar-refractivity contribution in [3.8, 4) is 5.88 Å². The van der Waals surface area contributed by atoms with Crippen molar-refractivity contribution in [3.63, 3.8) is 0 Å². The van der Waals surface area contributed by atoms with Gasteiger partial charge in [-0.1, -0.05) is 12.1 Å². The summed E-state index contributed by atoms with van der Waals surface area (Å²) in [4.78, 5) is 14.2. The van der Waals surface area contributed by atoms with E-state index in [0.29, 0.717) is 18.9 Å². The molecule has 0 fully saturated rings. The molecule has 0 aliphatic heterocycles. The number of hydrogen-bond donors (Lipinski definition) is 3. The molecule has 0 aliphatic carbocycles. The van der Waals surface area contributed by atoms with E-state index in [0.717, 1.165) is 16.1 Å². The quantitative estimate of drug-likeness (QED) is 0.240. The molecule has 7 nitrogen and oxygen atoms in total. The van der Waals surface area contributed by atoms with Crippen LogP contribution in [-0.2, 0) is 11.4 Å². The van der Waals surface area contributed by atoms with Crippen LogP contribution < -0.4 is 26.9 Å². The smallest absolute Gasteiger partial charge is 0.221 e. The summed E-state index contributed by atoms with van der Waals surface area (Å²) in [5.74, 6) is 10.9. The second-order valence-electron chi connectivity index (χ2n) is 4.31. The predicted molar refractivity (Wildman–Crippen MR) is 92.8 cm³/mol. The Kier molecular flexibility index (Phi) is 8.51. The topological polar surface area (TPSA) is 106 Å².